The first kappa shape index (κ1) is 20.1. The largest absolute Gasteiger partial charge is 0.356 e. The maximum absolute atomic E-state index is 4.57. The Morgan fingerprint density at radius 1 is 1.35 bits per heavy atom. The minimum Gasteiger partial charge on any atom is -0.356 e. The standard InChI is InChI=1S/C15H26N6S.HI/c1-4-6-7-8-17-14(16-3)20-9-11-21(12-10-20)15-18-13(5-2)19-22-15;/h4,6H,5,7-12H2,1-3H3,(H,16,17);1H/b6-4+;. The molecule has 6 nitrogen and oxygen atoms in total. The fourth-order valence-corrected chi connectivity index (χ4v) is 3.19. The van der Waals surface area contributed by atoms with Gasteiger partial charge in [0.25, 0.3) is 0 Å². The predicted octanol–water partition coefficient (Wildman–Crippen LogP) is 2.38. The number of anilines is 1. The van der Waals surface area contributed by atoms with Crippen LogP contribution < -0.4 is 10.2 Å². The van der Waals surface area contributed by atoms with Gasteiger partial charge in [0, 0.05) is 57.7 Å². The molecule has 0 aromatic carbocycles. The molecule has 0 amide bonds. The summed E-state index contributed by atoms with van der Waals surface area (Å²) in [7, 11) is 1.85. The Hall–Kier alpha value is -0.900. The lowest BCUT2D eigenvalue weighted by Gasteiger charge is -2.36. The fraction of sp³-hybridized carbons (Fsp3) is 0.667. The summed E-state index contributed by atoms with van der Waals surface area (Å²) in [6.45, 7) is 8.92. The number of hydrogen-bond acceptors (Lipinski definition) is 5. The maximum atomic E-state index is 4.57. The molecule has 1 saturated heterocycles. The molecule has 1 aliphatic rings. The van der Waals surface area contributed by atoms with Gasteiger partial charge in [-0.05, 0) is 13.3 Å². The van der Waals surface area contributed by atoms with Crippen molar-refractivity contribution in [1.29, 1.82) is 0 Å². The number of nitrogens with one attached hydrogen (secondary N) is 1. The lowest BCUT2D eigenvalue weighted by atomic mass is 10.3. The number of aromatic nitrogens is 2. The van der Waals surface area contributed by atoms with Gasteiger partial charge < -0.3 is 15.1 Å². The zero-order valence-corrected chi connectivity index (χ0v) is 17.3. The van der Waals surface area contributed by atoms with Gasteiger partial charge >= 0.3 is 0 Å². The van der Waals surface area contributed by atoms with Crippen molar-refractivity contribution in [2.24, 2.45) is 4.99 Å². The zero-order valence-electron chi connectivity index (χ0n) is 14.2. The summed E-state index contributed by atoms with van der Waals surface area (Å²) in [5, 5.41) is 4.47. The summed E-state index contributed by atoms with van der Waals surface area (Å²) in [4.78, 5) is 13.6. The Morgan fingerprint density at radius 3 is 2.65 bits per heavy atom. The molecule has 0 aliphatic carbocycles. The van der Waals surface area contributed by atoms with Crippen LogP contribution in [0.25, 0.3) is 0 Å². The molecule has 8 heteroatoms. The summed E-state index contributed by atoms with van der Waals surface area (Å²) < 4.78 is 4.37. The fourth-order valence-electron chi connectivity index (χ4n) is 2.39. The molecule has 0 spiro atoms. The minimum atomic E-state index is 0. The van der Waals surface area contributed by atoms with Gasteiger partial charge in [-0.3, -0.25) is 4.99 Å². The predicted molar refractivity (Wildman–Crippen MR) is 109 cm³/mol. The number of hydrogen-bond donors (Lipinski definition) is 1. The molecule has 0 saturated carbocycles. The lowest BCUT2D eigenvalue weighted by molar-refractivity contribution is 0.373. The molecule has 0 atom stereocenters. The second kappa shape index (κ2) is 10.8. The summed E-state index contributed by atoms with van der Waals surface area (Å²) in [6, 6.07) is 0. The van der Waals surface area contributed by atoms with Crippen molar-refractivity contribution in [3.05, 3.63) is 18.0 Å². The number of halogens is 1. The smallest absolute Gasteiger partial charge is 0.205 e. The van der Waals surface area contributed by atoms with Gasteiger partial charge in [-0.1, -0.05) is 19.1 Å². The molecule has 23 heavy (non-hydrogen) atoms. The molecule has 1 N–H and O–H groups in total. The van der Waals surface area contributed by atoms with Crippen LogP contribution in [0.5, 0.6) is 0 Å². The van der Waals surface area contributed by atoms with E-state index in [-0.39, 0.29) is 24.0 Å². The van der Waals surface area contributed by atoms with Crippen LogP contribution in [0, 0.1) is 0 Å². The maximum Gasteiger partial charge on any atom is 0.205 e. The highest BCUT2D eigenvalue weighted by molar-refractivity contribution is 14.0. The molecule has 2 rings (SSSR count). The second-order valence-corrected chi connectivity index (χ2v) is 5.88. The third-order valence-corrected chi connectivity index (χ3v) is 4.48. The molecule has 1 aromatic heterocycles. The van der Waals surface area contributed by atoms with Crippen LogP contribution in [0.1, 0.15) is 26.1 Å². The monoisotopic (exact) mass is 450 g/mol. The number of guanidine groups is 1. The molecule has 1 aromatic rings. The Bertz CT molecular complexity index is 508. The number of allylic oxidation sites excluding steroid dienone is 1. The molecule has 1 fully saturated rings. The van der Waals surface area contributed by atoms with Crippen LogP contribution in [0.3, 0.4) is 0 Å². The molecule has 1 aliphatic heterocycles. The van der Waals surface area contributed by atoms with Gasteiger partial charge in [0.2, 0.25) is 5.13 Å². The van der Waals surface area contributed by atoms with Crippen molar-refractivity contribution in [1.82, 2.24) is 19.6 Å². The van der Waals surface area contributed by atoms with Crippen LogP contribution in [0.15, 0.2) is 17.1 Å². The lowest BCUT2D eigenvalue weighted by Crippen LogP contribution is -2.52. The SMILES string of the molecule is C/C=C/CCNC(=NC)N1CCN(c2nc(CC)ns2)CC1.I. The van der Waals surface area contributed by atoms with E-state index in [2.05, 4.69) is 48.5 Å². The highest BCUT2D eigenvalue weighted by Gasteiger charge is 2.21. The summed E-state index contributed by atoms with van der Waals surface area (Å²) in [6.07, 6.45) is 6.17. The van der Waals surface area contributed by atoms with E-state index in [0.29, 0.717) is 0 Å². The van der Waals surface area contributed by atoms with Gasteiger partial charge in [-0.25, -0.2) is 4.98 Å². The van der Waals surface area contributed by atoms with Crippen molar-refractivity contribution < 1.29 is 0 Å². The molecular weight excluding hydrogens is 423 g/mol. The van der Waals surface area contributed by atoms with Crippen LogP contribution >= 0.6 is 35.5 Å². The van der Waals surface area contributed by atoms with Crippen molar-refractivity contribution >= 4 is 46.6 Å². The molecule has 0 unspecified atom stereocenters. The number of rotatable bonds is 5. The van der Waals surface area contributed by atoms with Crippen molar-refractivity contribution in [3.8, 4) is 0 Å². The zero-order chi connectivity index (χ0) is 15.8. The van der Waals surface area contributed by atoms with Gasteiger partial charge in [-0.2, -0.15) is 4.37 Å². The molecular formula is C15H27IN6S. The number of piperazine rings is 1. The van der Waals surface area contributed by atoms with E-state index in [4.69, 9.17) is 0 Å². The summed E-state index contributed by atoms with van der Waals surface area (Å²) in [5.41, 5.74) is 0. The van der Waals surface area contributed by atoms with Crippen molar-refractivity contribution in [3.63, 3.8) is 0 Å². The van der Waals surface area contributed by atoms with Crippen molar-refractivity contribution in [2.75, 3.05) is 44.7 Å². The average molecular weight is 450 g/mol. The van der Waals surface area contributed by atoms with Gasteiger partial charge in [-0.15, -0.1) is 24.0 Å². The highest BCUT2D eigenvalue weighted by Crippen LogP contribution is 2.19. The van der Waals surface area contributed by atoms with E-state index >= 15 is 0 Å². The van der Waals surface area contributed by atoms with Crippen LogP contribution in [0.4, 0.5) is 5.13 Å². The van der Waals surface area contributed by atoms with Crippen LogP contribution in [-0.2, 0) is 6.42 Å². The Kier molecular flexibility index (Phi) is 9.46. The van der Waals surface area contributed by atoms with Gasteiger partial charge in [0.1, 0.15) is 5.82 Å². The van der Waals surface area contributed by atoms with E-state index in [9.17, 15) is 0 Å². The first-order valence-corrected chi connectivity index (χ1v) is 8.70. The van der Waals surface area contributed by atoms with Crippen LogP contribution in [-0.4, -0.2) is 60.0 Å². The third kappa shape index (κ3) is 5.91. The first-order valence-electron chi connectivity index (χ1n) is 7.92. The van der Waals surface area contributed by atoms with E-state index in [1.54, 1.807) is 0 Å². The van der Waals surface area contributed by atoms with Gasteiger partial charge in [0.05, 0.1) is 0 Å². The van der Waals surface area contributed by atoms with E-state index in [1.807, 2.05) is 14.0 Å². The topological polar surface area (TPSA) is 56.7 Å². The molecule has 130 valence electrons. The van der Waals surface area contributed by atoms with E-state index in [0.717, 1.165) is 62.5 Å². The first-order chi connectivity index (χ1) is 10.8. The third-order valence-electron chi connectivity index (χ3n) is 3.66. The molecule has 2 heterocycles. The number of aliphatic imine (C=N–C) groups is 1. The second-order valence-electron chi connectivity index (χ2n) is 5.15. The van der Waals surface area contributed by atoms with Crippen molar-refractivity contribution in [2.45, 2.75) is 26.7 Å². The van der Waals surface area contributed by atoms with E-state index in [1.165, 1.54) is 11.5 Å². The van der Waals surface area contributed by atoms with Crippen LogP contribution in [0.2, 0.25) is 0 Å². The quantitative estimate of drug-likeness (QED) is 0.246. The molecule has 0 radical (unpaired) electrons. The summed E-state index contributed by atoms with van der Waals surface area (Å²) in [5.74, 6) is 1.94. The van der Waals surface area contributed by atoms with E-state index < -0.39 is 0 Å². The Labute approximate surface area is 160 Å². The Balaban J connectivity index is 0.00000264. The average Bonchev–Trinajstić information content (AvgIpc) is 3.04. The number of aryl methyl sites for hydroxylation is 1. The molecule has 0 bridgehead atoms. The normalized spacial score (nSPS) is 15.9. The highest BCUT2D eigenvalue weighted by atomic mass is 127. The Morgan fingerprint density at radius 2 is 2.09 bits per heavy atom. The minimum absolute atomic E-state index is 0. The van der Waals surface area contributed by atoms with Gasteiger partial charge in [0.15, 0.2) is 5.96 Å². The number of nitrogens with zero attached hydrogens (tertiary/aromatic N) is 5. The summed E-state index contributed by atoms with van der Waals surface area (Å²) >= 11 is 1.51.